The second-order valence-corrected chi connectivity index (χ2v) is 7.43. The number of hydrogen-bond acceptors (Lipinski definition) is 3. The molecule has 2 aliphatic carbocycles. The molecule has 2 heterocycles. The summed E-state index contributed by atoms with van der Waals surface area (Å²) in [6, 6.07) is 0. The second-order valence-electron chi connectivity index (χ2n) is 6.56. The van der Waals surface area contributed by atoms with Crippen LogP contribution in [-0.2, 0) is 6.42 Å². The number of imidazole rings is 1. The fraction of sp³-hybridized carbons (Fsp3) is 0.667. The van der Waals surface area contributed by atoms with Gasteiger partial charge in [-0.05, 0) is 37.5 Å². The van der Waals surface area contributed by atoms with E-state index in [-0.39, 0.29) is 5.54 Å². The van der Waals surface area contributed by atoms with Crippen LogP contribution < -0.4 is 5.73 Å². The van der Waals surface area contributed by atoms with Crippen LogP contribution >= 0.6 is 11.3 Å². The first kappa shape index (κ1) is 11.9. The van der Waals surface area contributed by atoms with Gasteiger partial charge in [0.25, 0.3) is 0 Å². The molecule has 0 amide bonds. The first-order valence-electron chi connectivity index (χ1n) is 7.42. The third kappa shape index (κ3) is 2.32. The van der Waals surface area contributed by atoms with Gasteiger partial charge in [-0.25, -0.2) is 4.98 Å². The van der Waals surface area contributed by atoms with Crippen LogP contribution in [0.1, 0.15) is 44.2 Å². The lowest BCUT2D eigenvalue weighted by Crippen LogP contribution is -2.46. The Morgan fingerprint density at radius 3 is 3.05 bits per heavy atom. The predicted octanol–water partition coefficient (Wildman–Crippen LogP) is 3.24. The molecule has 2 aromatic rings. The zero-order chi connectivity index (χ0) is 12.9. The molecule has 2 atom stereocenters. The average molecular weight is 275 g/mol. The molecule has 0 bridgehead atoms. The molecule has 4 rings (SSSR count). The van der Waals surface area contributed by atoms with Crippen LogP contribution in [0.5, 0.6) is 0 Å². The summed E-state index contributed by atoms with van der Waals surface area (Å²) in [6.07, 6.45) is 13.2. The lowest BCUT2D eigenvalue weighted by Gasteiger charge is -2.38. The number of nitrogens with zero attached hydrogens (tertiary/aromatic N) is 2. The first-order chi connectivity index (χ1) is 9.22. The number of hydrogen-bond donors (Lipinski definition) is 1. The highest BCUT2D eigenvalue weighted by molar-refractivity contribution is 7.15. The van der Waals surface area contributed by atoms with E-state index in [2.05, 4.69) is 22.2 Å². The highest BCUT2D eigenvalue weighted by atomic mass is 32.1. The van der Waals surface area contributed by atoms with Crippen molar-refractivity contribution in [1.82, 2.24) is 9.38 Å². The molecule has 0 saturated heterocycles. The van der Waals surface area contributed by atoms with Crippen molar-refractivity contribution in [2.24, 2.45) is 17.6 Å². The Morgan fingerprint density at radius 1 is 1.37 bits per heavy atom. The van der Waals surface area contributed by atoms with Gasteiger partial charge in [0.2, 0.25) is 0 Å². The van der Waals surface area contributed by atoms with Crippen LogP contribution in [0, 0.1) is 11.8 Å². The summed E-state index contributed by atoms with van der Waals surface area (Å²) in [5.41, 5.74) is 7.86. The number of aromatic nitrogens is 2. The van der Waals surface area contributed by atoms with E-state index >= 15 is 0 Å². The summed E-state index contributed by atoms with van der Waals surface area (Å²) in [7, 11) is 0. The number of nitrogens with two attached hydrogens (primary N) is 1. The summed E-state index contributed by atoms with van der Waals surface area (Å²) in [6.45, 7) is 0. The highest BCUT2D eigenvalue weighted by Crippen LogP contribution is 2.46. The third-order valence-electron chi connectivity index (χ3n) is 4.88. The summed E-state index contributed by atoms with van der Waals surface area (Å²) < 4.78 is 2.12. The summed E-state index contributed by atoms with van der Waals surface area (Å²) >= 11 is 1.70. The van der Waals surface area contributed by atoms with E-state index in [1.165, 1.54) is 44.2 Å². The molecule has 2 saturated carbocycles. The van der Waals surface area contributed by atoms with Gasteiger partial charge in [-0.3, -0.25) is 4.40 Å². The third-order valence-corrected chi connectivity index (χ3v) is 5.65. The van der Waals surface area contributed by atoms with Gasteiger partial charge in [-0.15, -0.1) is 11.3 Å². The molecule has 2 N–H and O–H groups in total. The van der Waals surface area contributed by atoms with Crippen LogP contribution in [0.4, 0.5) is 0 Å². The SMILES string of the molecule is NC1(Cc2cn3ccsc3n2)CCCC(C2CC2)C1. The zero-order valence-corrected chi connectivity index (χ0v) is 12.0. The van der Waals surface area contributed by atoms with E-state index in [0.29, 0.717) is 0 Å². The van der Waals surface area contributed by atoms with Gasteiger partial charge in [-0.1, -0.05) is 12.8 Å². The van der Waals surface area contributed by atoms with Crippen molar-refractivity contribution in [3.63, 3.8) is 0 Å². The molecular formula is C15H21N3S. The highest BCUT2D eigenvalue weighted by Gasteiger charge is 2.40. The van der Waals surface area contributed by atoms with E-state index < -0.39 is 0 Å². The molecule has 0 radical (unpaired) electrons. The predicted molar refractivity (Wildman–Crippen MR) is 78.4 cm³/mol. The van der Waals surface area contributed by atoms with E-state index in [1.807, 2.05) is 0 Å². The summed E-state index contributed by atoms with van der Waals surface area (Å²) in [5.74, 6) is 1.89. The Hall–Kier alpha value is -0.870. The minimum atomic E-state index is -0.00443. The molecule has 4 heteroatoms. The van der Waals surface area contributed by atoms with Crippen molar-refractivity contribution < 1.29 is 0 Å². The smallest absolute Gasteiger partial charge is 0.193 e. The second kappa shape index (κ2) is 4.32. The van der Waals surface area contributed by atoms with Crippen LogP contribution in [0.25, 0.3) is 4.96 Å². The van der Waals surface area contributed by atoms with Crippen molar-refractivity contribution in [2.45, 2.75) is 50.5 Å². The molecule has 2 fully saturated rings. The topological polar surface area (TPSA) is 43.3 Å². The summed E-state index contributed by atoms with van der Waals surface area (Å²) in [4.78, 5) is 5.79. The lowest BCUT2D eigenvalue weighted by molar-refractivity contribution is 0.203. The Bertz CT molecular complexity index is 554. The maximum absolute atomic E-state index is 6.69. The van der Waals surface area contributed by atoms with Gasteiger partial charge in [0.05, 0.1) is 5.69 Å². The van der Waals surface area contributed by atoms with E-state index in [1.54, 1.807) is 11.3 Å². The van der Waals surface area contributed by atoms with Gasteiger partial charge in [-0.2, -0.15) is 0 Å². The largest absolute Gasteiger partial charge is 0.325 e. The van der Waals surface area contributed by atoms with Gasteiger partial charge in [0.1, 0.15) is 0 Å². The molecule has 102 valence electrons. The van der Waals surface area contributed by atoms with Crippen LogP contribution in [0.2, 0.25) is 0 Å². The number of rotatable bonds is 3. The maximum atomic E-state index is 6.69. The normalized spacial score (nSPS) is 31.9. The first-order valence-corrected chi connectivity index (χ1v) is 8.30. The van der Waals surface area contributed by atoms with E-state index in [9.17, 15) is 0 Å². The molecular weight excluding hydrogens is 254 g/mol. The Morgan fingerprint density at radius 2 is 2.26 bits per heavy atom. The van der Waals surface area contributed by atoms with Crippen molar-refractivity contribution in [1.29, 1.82) is 0 Å². The van der Waals surface area contributed by atoms with Crippen molar-refractivity contribution in [3.8, 4) is 0 Å². The molecule has 2 unspecified atom stereocenters. The van der Waals surface area contributed by atoms with Crippen molar-refractivity contribution in [3.05, 3.63) is 23.5 Å². The fourth-order valence-electron chi connectivity index (χ4n) is 3.80. The molecule has 3 nitrogen and oxygen atoms in total. The lowest BCUT2D eigenvalue weighted by atomic mass is 9.72. The minimum Gasteiger partial charge on any atom is -0.325 e. The minimum absolute atomic E-state index is 0.00443. The van der Waals surface area contributed by atoms with E-state index in [4.69, 9.17) is 10.7 Å². The fourth-order valence-corrected chi connectivity index (χ4v) is 4.51. The van der Waals surface area contributed by atoms with E-state index in [0.717, 1.165) is 23.2 Å². The standard InChI is InChI=1S/C15H21N3S/c16-15(5-1-2-12(8-15)11-3-4-11)9-13-10-18-6-7-19-14(18)17-13/h6-7,10-12H,1-5,8-9,16H2. The maximum Gasteiger partial charge on any atom is 0.193 e. The molecule has 19 heavy (non-hydrogen) atoms. The monoisotopic (exact) mass is 275 g/mol. The Labute approximate surface area is 117 Å². The zero-order valence-electron chi connectivity index (χ0n) is 11.2. The molecule has 0 aliphatic heterocycles. The van der Waals surface area contributed by atoms with Gasteiger partial charge in [0.15, 0.2) is 4.96 Å². The van der Waals surface area contributed by atoms with Crippen molar-refractivity contribution in [2.75, 3.05) is 0 Å². The molecule has 2 aromatic heterocycles. The van der Waals surface area contributed by atoms with Gasteiger partial charge >= 0.3 is 0 Å². The van der Waals surface area contributed by atoms with Gasteiger partial charge in [0, 0.05) is 29.7 Å². The molecule has 0 spiro atoms. The Balaban J connectivity index is 1.52. The summed E-state index contributed by atoms with van der Waals surface area (Å²) in [5, 5.41) is 2.08. The van der Waals surface area contributed by atoms with Crippen LogP contribution in [-0.4, -0.2) is 14.9 Å². The van der Waals surface area contributed by atoms with Crippen LogP contribution in [0.3, 0.4) is 0 Å². The number of thiazole rings is 1. The average Bonchev–Trinajstić information content (AvgIpc) is 3.02. The molecule has 0 aromatic carbocycles. The van der Waals surface area contributed by atoms with Crippen molar-refractivity contribution >= 4 is 16.3 Å². The quantitative estimate of drug-likeness (QED) is 0.934. The Kier molecular flexibility index (Phi) is 2.71. The van der Waals surface area contributed by atoms with Crippen LogP contribution in [0.15, 0.2) is 17.8 Å². The van der Waals surface area contributed by atoms with Gasteiger partial charge < -0.3 is 5.73 Å². The molecule has 2 aliphatic rings. The number of fused-ring (bicyclic) bond motifs is 1.